The van der Waals surface area contributed by atoms with Crippen molar-refractivity contribution in [3.63, 3.8) is 0 Å². The van der Waals surface area contributed by atoms with Crippen molar-refractivity contribution < 1.29 is 4.74 Å². The molecule has 0 aliphatic carbocycles. The second-order valence-electron chi connectivity index (χ2n) is 6.28. The van der Waals surface area contributed by atoms with E-state index in [1.54, 1.807) is 0 Å². The van der Waals surface area contributed by atoms with Crippen molar-refractivity contribution in [3.05, 3.63) is 34.3 Å². The Morgan fingerprint density at radius 3 is 2.85 bits per heavy atom. The van der Waals surface area contributed by atoms with E-state index >= 15 is 0 Å². The zero-order valence-corrected chi connectivity index (χ0v) is 13.8. The molecule has 2 fully saturated rings. The summed E-state index contributed by atoms with van der Waals surface area (Å²) in [6, 6.07) is 8.93. The van der Waals surface area contributed by atoms with Crippen molar-refractivity contribution in [1.29, 1.82) is 0 Å². The van der Waals surface area contributed by atoms with Gasteiger partial charge in [-0.1, -0.05) is 35.0 Å². The Hall–Kier alpha value is -0.380. The molecule has 2 saturated heterocycles. The Labute approximate surface area is 130 Å². The Kier molecular flexibility index (Phi) is 4.49. The number of piperidine rings is 1. The number of rotatable bonds is 2. The van der Waals surface area contributed by atoms with E-state index in [2.05, 4.69) is 52.4 Å². The first kappa shape index (κ1) is 14.6. The van der Waals surface area contributed by atoms with E-state index in [0.717, 1.165) is 30.6 Å². The molecule has 1 spiro atoms. The molecule has 0 saturated carbocycles. The maximum atomic E-state index is 5.93. The third-order valence-corrected chi connectivity index (χ3v) is 5.73. The highest BCUT2D eigenvalue weighted by Gasteiger charge is 2.44. The van der Waals surface area contributed by atoms with Crippen LogP contribution in [-0.2, 0) is 4.74 Å². The lowest BCUT2D eigenvalue weighted by Gasteiger charge is -2.49. The Morgan fingerprint density at radius 2 is 2.10 bits per heavy atom. The van der Waals surface area contributed by atoms with Crippen LogP contribution in [0.15, 0.2) is 28.7 Å². The largest absolute Gasteiger partial charge is 0.378 e. The lowest BCUT2D eigenvalue weighted by molar-refractivity contribution is -0.0690. The smallest absolute Gasteiger partial charge is 0.0578 e. The molecule has 2 aliphatic heterocycles. The summed E-state index contributed by atoms with van der Waals surface area (Å²) in [7, 11) is 0. The van der Waals surface area contributed by atoms with Crippen LogP contribution in [0, 0.1) is 5.41 Å². The molecule has 3 rings (SSSR count). The fourth-order valence-electron chi connectivity index (χ4n) is 3.99. The molecule has 0 aromatic heterocycles. The van der Waals surface area contributed by atoms with E-state index in [-0.39, 0.29) is 0 Å². The van der Waals surface area contributed by atoms with E-state index < -0.39 is 0 Å². The molecular weight excluding hydrogens is 314 g/mol. The molecule has 2 nitrogen and oxygen atoms in total. The molecule has 1 aromatic carbocycles. The summed E-state index contributed by atoms with van der Waals surface area (Å²) in [4.78, 5) is 0. The summed E-state index contributed by atoms with van der Waals surface area (Å²) in [5.74, 6) is 0.627. The van der Waals surface area contributed by atoms with E-state index in [1.807, 2.05) is 0 Å². The number of hydrogen-bond donors (Lipinski definition) is 1. The molecule has 1 N–H and O–H groups in total. The van der Waals surface area contributed by atoms with Gasteiger partial charge in [-0.2, -0.15) is 0 Å². The fourth-order valence-corrected chi connectivity index (χ4v) is 4.25. The first-order valence-corrected chi connectivity index (χ1v) is 8.60. The van der Waals surface area contributed by atoms with Crippen LogP contribution < -0.4 is 5.32 Å². The third-order valence-electron chi connectivity index (χ3n) is 5.20. The van der Waals surface area contributed by atoms with Gasteiger partial charge in [0.05, 0.1) is 6.10 Å². The number of benzene rings is 1. The Morgan fingerprint density at radius 1 is 1.30 bits per heavy atom. The molecule has 3 atom stereocenters. The lowest BCUT2D eigenvalue weighted by Crippen LogP contribution is -2.48. The number of ether oxygens (including phenoxy) is 1. The molecule has 3 heteroatoms. The molecule has 2 heterocycles. The van der Waals surface area contributed by atoms with Crippen LogP contribution in [0.2, 0.25) is 0 Å². The van der Waals surface area contributed by atoms with Gasteiger partial charge in [0.15, 0.2) is 0 Å². The minimum Gasteiger partial charge on any atom is -0.378 e. The van der Waals surface area contributed by atoms with E-state index in [1.165, 1.54) is 24.8 Å². The number of hydrogen-bond acceptors (Lipinski definition) is 2. The average molecular weight is 338 g/mol. The first-order chi connectivity index (χ1) is 9.73. The van der Waals surface area contributed by atoms with E-state index in [4.69, 9.17) is 4.74 Å². The van der Waals surface area contributed by atoms with Crippen molar-refractivity contribution in [2.24, 2.45) is 5.41 Å². The monoisotopic (exact) mass is 337 g/mol. The quantitative estimate of drug-likeness (QED) is 0.877. The first-order valence-electron chi connectivity index (χ1n) is 7.81. The van der Waals surface area contributed by atoms with Crippen molar-refractivity contribution in [2.75, 3.05) is 19.7 Å². The SMILES string of the molecule is CCC1CC2(CCNCC2c2ccc(Br)cc2)CCO1. The van der Waals surface area contributed by atoms with Crippen molar-refractivity contribution in [2.45, 2.75) is 44.6 Å². The average Bonchev–Trinajstić information content (AvgIpc) is 2.49. The second kappa shape index (κ2) is 6.17. The summed E-state index contributed by atoms with van der Waals surface area (Å²) < 4.78 is 7.09. The predicted molar refractivity (Wildman–Crippen MR) is 86.1 cm³/mol. The van der Waals surface area contributed by atoms with Gasteiger partial charge in [0.2, 0.25) is 0 Å². The molecule has 0 amide bonds. The summed E-state index contributed by atoms with van der Waals surface area (Å²) in [5.41, 5.74) is 1.93. The minimum atomic E-state index is 0.442. The third kappa shape index (κ3) is 2.81. The van der Waals surface area contributed by atoms with Gasteiger partial charge in [-0.15, -0.1) is 0 Å². The van der Waals surface area contributed by atoms with Gasteiger partial charge >= 0.3 is 0 Å². The Balaban J connectivity index is 1.88. The van der Waals surface area contributed by atoms with Gasteiger partial charge in [0, 0.05) is 23.5 Å². The molecule has 20 heavy (non-hydrogen) atoms. The summed E-state index contributed by atoms with van der Waals surface area (Å²) in [6.45, 7) is 5.45. The van der Waals surface area contributed by atoms with Gasteiger partial charge in [-0.05, 0) is 55.3 Å². The molecule has 0 bridgehead atoms. The van der Waals surface area contributed by atoms with Gasteiger partial charge < -0.3 is 10.1 Å². The van der Waals surface area contributed by atoms with Crippen LogP contribution in [0.4, 0.5) is 0 Å². The van der Waals surface area contributed by atoms with Gasteiger partial charge in [0.25, 0.3) is 0 Å². The van der Waals surface area contributed by atoms with Crippen LogP contribution in [0.5, 0.6) is 0 Å². The van der Waals surface area contributed by atoms with Crippen molar-refractivity contribution in [3.8, 4) is 0 Å². The van der Waals surface area contributed by atoms with Crippen molar-refractivity contribution >= 4 is 15.9 Å². The Bertz CT molecular complexity index is 443. The van der Waals surface area contributed by atoms with Crippen LogP contribution in [0.3, 0.4) is 0 Å². The predicted octanol–water partition coefficient (Wildman–Crippen LogP) is 4.10. The molecule has 0 radical (unpaired) electrons. The van der Waals surface area contributed by atoms with Gasteiger partial charge in [-0.25, -0.2) is 0 Å². The van der Waals surface area contributed by atoms with Crippen molar-refractivity contribution in [1.82, 2.24) is 5.32 Å². The molecule has 3 unspecified atom stereocenters. The highest BCUT2D eigenvalue weighted by molar-refractivity contribution is 9.10. The van der Waals surface area contributed by atoms with Crippen LogP contribution in [0.1, 0.15) is 44.1 Å². The van der Waals surface area contributed by atoms with Gasteiger partial charge in [-0.3, -0.25) is 0 Å². The summed E-state index contributed by atoms with van der Waals surface area (Å²) in [5, 5.41) is 3.60. The molecule has 110 valence electrons. The normalized spacial score (nSPS) is 34.3. The minimum absolute atomic E-state index is 0.442. The summed E-state index contributed by atoms with van der Waals surface area (Å²) >= 11 is 3.54. The van der Waals surface area contributed by atoms with Crippen LogP contribution in [-0.4, -0.2) is 25.8 Å². The van der Waals surface area contributed by atoms with E-state index in [0.29, 0.717) is 17.4 Å². The number of halogens is 1. The summed E-state index contributed by atoms with van der Waals surface area (Å²) in [6.07, 6.45) is 5.33. The zero-order chi connectivity index (χ0) is 14.0. The highest BCUT2D eigenvalue weighted by atomic mass is 79.9. The van der Waals surface area contributed by atoms with E-state index in [9.17, 15) is 0 Å². The zero-order valence-electron chi connectivity index (χ0n) is 12.2. The fraction of sp³-hybridized carbons (Fsp3) is 0.647. The maximum Gasteiger partial charge on any atom is 0.0578 e. The van der Waals surface area contributed by atoms with Crippen LogP contribution >= 0.6 is 15.9 Å². The molecular formula is C17H24BrNO. The highest BCUT2D eigenvalue weighted by Crippen LogP contribution is 2.49. The molecule has 1 aromatic rings. The van der Waals surface area contributed by atoms with Gasteiger partial charge in [0.1, 0.15) is 0 Å². The lowest BCUT2D eigenvalue weighted by atomic mass is 9.62. The molecule has 2 aliphatic rings. The number of nitrogens with one attached hydrogen (secondary N) is 1. The standard InChI is InChI=1S/C17H24BrNO/c1-2-15-11-17(8-10-20-15)7-9-19-12-16(17)13-3-5-14(18)6-4-13/h3-6,15-16,19H,2,7-12H2,1H3. The van der Waals surface area contributed by atoms with Crippen LogP contribution in [0.25, 0.3) is 0 Å². The second-order valence-corrected chi connectivity index (χ2v) is 7.19. The maximum absolute atomic E-state index is 5.93. The topological polar surface area (TPSA) is 21.3 Å².